The number of carbonyl (C=O) groups excluding carboxylic acids is 1. The minimum atomic E-state index is -0.312. The number of fused-ring (bicyclic) bond motifs is 1. The van der Waals surface area contributed by atoms with Crippen LogP contribution < -0.4 is 0 Å². The number of Topliss-reactive ketones (excluding diaryl/α,β-unsaturated/α-hetero) is 1. The van der Waals surface area contributed by atoms with Crippen LogP contribution in [0.2, 0.25) is 0 Å². The van der Waals surface area contributed by atoms with Crippen molar-refractivity contribution < 1.29 is 13.6 Å². The molecule has 1 fully saturated rings. The van der Waals surface area contributed by atoms with Gasteiger partial charge in [0.05, 0.1) is 0 Å². The van der Waals surface area contributed by atoms with E-state index in [0.29, 0.717) is 16.7 Å². The molecule has 100 valence electrons. The van der Waals surface area contributed by atoms with Gasteiger partial charge < -0.3 is 4.42 Å². The molecule has 1 saturated carbocycles. The van der Waals surface area contributed by atoms with Gasteiger partial charge in [-0.2, -0.15) is 0 Å². The van der Waals surface area contributed by atoms with Gasteiger partial charge >= 0.3 is 0 Å². The highest BCUT2D eigenvalue weighted by Gasteiger charge is 2.40. The van der Waals surface area contributed by atoms with E-state index in [4.69, 9.17) is 4.42 Å². The van der Waals surface area contributed by atoms with Crippen molar-refractivity contribution in [3.63, 3.8) is 0 Å². The van der Waals surface area contributed by atoms with Crippen LogP contribution in [0.25, 0.3) is 11.0 Å². The summed E-state index contributed by atoms with van der Waals surface area (Å²) in [6.45, 7) is 4.26. The number of hydrogen-bond acceptors (Lipinski definition) is 2. The minimum absolute atomic E-state index is 0.0120. The molecule has 0 aliphatic heterocycles. The molecule has 1 aromatic heterocycles. The minimum Gasteiger partial charge on any atom is -0.453 e. The van der Waals surface area contributed by atoms with E-state index in [1.165, 1.54) is 12.1 Å². The molecular weight excluding hydrogens is 243 g/mol. The van der Waals surface area contributed by atoms with Crippen molar-refractivity contribution in [2.24, 2.45) is 11.3 Å². The summed E-state index contributed by atoms with van der Waals surface area (Å²) in [6.07, 6.45) is 3.06. The molecule has 1 unspecified atom stereocenters. The van der Waals surface area contributed by atoms with Crippen molar-refractivity contribution in [3.8, 4) is 0 Å². The van der Waals surface area contributed by atoms with Crippen molar-refractivity contribution in [1.29, 1.82) is 0 Å². The molecule has 1 heterocycles. The molecule has 1 aliphatic carbocycles. The Hall–Kier alpha value is -1.64. The Labute approximate surface area is 111 Å². The van der Waals surface area contributed by atoms with Gasteiger partial charge in [-0.3, -0.25) is 4.79 Å². The van der Waals surface area contributed by atoms with Crippen molar-refractivity contribution in [2.45, 2.75) is 33.1 Å². The predicted octanol–water partition coefficient (Wildman–Crippen LogP) is 4.58. The van der Waals surface area contributed by atoms with E-state index in [-0.39, 0.29) is 22.9 Å². The zero-order valence-electron chi connectivity index (χ0n) is 11.2. The molecule has 2 aromatic rings. The second-order valence-corrected chi connectivity index (χ2v) is 6.09. The van der Waals surface area contributed by atoms with Gasteiger partial charge in [-0.15, -0.1) is 0 Å². The second kappa shape index (κ2) is 4.19. The standard InChI is InChI=1S/C16H17FO2/c1-16(2)7-3-4-12(16)15(18)14-9-10-8-11(17)5-6-13(10)19-14/h5-6,8-9,12H,3-4,7H2,1-2H3. The van der Waals surface area contributed by atoms with Crippen LogP contribution in [0.5, 0.6) is 0 Å². The van der Waals surface area contributed by atoms with Gasteiger partial charge in [0.25, 0.3) is 0 Å². The average Bonchev–Trinajstić information content (AvgIpc) is 2.90. The van der Waals surface area contributed by atoms with E-state index in [1.54, 1.807) is 12.1 Å². The maximum absolute atomic E-state index is 13.1. The van der Waals surface area contributed by atoms with Crippen molar-refractivity contribution in [1.82, 2.24) is 0 Å². The summed E-state index contributed by atoms with van der Waals surface area (Å²) in [5.41, 5.74) is 0.599. The van der Waals surface area contributed by atoms with E-state index >= 15 is 0 Å². The summed E-state index contributed by atoms with van der Waals surface area (Å²) >= 11 is 0. The van der Waals surface area contributed by atoms with Crippen LogP contribution in [-0.2, 0) is 0 Å². The second-order valence-electron chi connectivity index (χ2n) is 6.09. The average molecular weight is 260 g/mol. The highest BCUT2D eigenvalue weighted by molar-refractivity contribution is 5.99. The first-order chi connectivity index (χ1) is 8.97. The monoisotopic (exact) mass is 260 g/mol. The molecule has 0 amide bonds. The summed E-state index contributed by atoms with van der Waals surface area (Å²) in [4.78, 5) is 12.5. The van der Waals surface area contributed by atoms with Crippen molar-refractivity contribution in [2.75, 3.05) is 0 Å². The Morgan fingerprint density at radius 2 is 2.16 bits per heavy atom. The smallest absolute Gasteiger partial charge is 0.201 e. The van der Waals surface area contributed by atoms with Gasteiger partial charge in [0, 0.05) is 11.3 Å². The summed E-state index contributed by atoms with van der Waals surface area (Å²) in [5.74, 6) is 0.117. The van der Waals surface area contributed by atoms with Gasteiger partial charge in [-0.05, 0) is 42.5 Å². The van der Waals surface area contributed by atoms with E-state index in [9.17, 15) is 9.18 Å². The highest BCUT2D eigenvalue weighted by Crippen LogP contribution is 2.44. The van der Waals surface area contributed by atoms with E-state index in [2.05, 4.69) is 13.8 Å². The van der Waals surface area contributed by atoms with Gasteiger partial charge in [-0.1, -0.05) is 20.3 Å². The normalized spacial score (nSPS) is 21.9. The third kappa shape index (κ3) is 2.07. The fourth-order valence-electron chi connectivity index (χ4n) is 3.12. The van der Waals surface area contributed by atoms with Gasteiger partial charge in [-0.25, -0.2) is 4.39 Å². The lowest BCUT2D eigenvalue weighted by Gasteiger charge is -2.24. The SMILES string of the molecule is CC1(C)CCCC1C(=O)c1cc2cc(F)ccc2o1. The van der Waals surface area contributed by atoms with Crippen molar-refractivity contribution >= 4 is 16.8 Å². The van der Waals surface area contributed by atoms with Crippen LogP contribution in [0.3, 0.4) is 0 Å². The first kappa shape index (κ1) is 12.4. The molecule has 3 rings (SSSR count). The zero-order chi connectivity index (χ0) is 13.6. The van der Waals surface area contributed by atoms with Gasteiger partial charge in [0.15, 0.2) is 5.76 Å². The summed E-state index contributed by atoms with van der Waals surface area (Å²) in [6, 6.07) is 5.98. The zero-order valence-corrected chi connectivity index (χ0v) is 11.2. The molecule has 1 aliphatic rings. The van der Waals surface area contributed by atoms with Crippen molar-refractivity contribution in [3.05, 3.63) is 35.8 Å². The van der Waals surface area contributed by atoms with Gasteiger partial charge in [0.1, 0.15) is 11.4 Å². The van der Waals surface area contributed by atoms with E-state index < -0.39 is 0 Å². The number of carbonyl (C=O) groups is 1. The quantitative estimate of drug-likeness (QED) is 0.740. The number of benzene rings is 1. The van der Waals surface area contributed by atoms with Gasteiger partial charge in [0.2, 0.25) is 5.78 Å². The number of halogens is 1. The Bertz CT molecular complexity index is 639. The number of ketones is 1. The summed E-state index contributed by atoms with van der Waals surface area (Å²) < 4.78 is 18.7. The molecular formula is C16H17FO2. The van der Waals surface area contributed by atoms with E-state index in [0.717, 1.165) is 19.3 Å². The molecule has 1 aromatic carbocycles. The maximum Gasteiger partial charge on any atom is 0.201 e. The third-order valence-corrected chi connectivity index (χ3v) is 4.29. The largest absolute Gasteiger partial charge is 0.453 e. The van der Waals surface area contributed by atoms with E-state index in [1.807, 2.05) is 0 Å². The highest BCUT2D eigenvalue weighted by atomic mass is 19.1. The van der Waals surface area contributed by atoms with Crippen LogP contribution in [0, 0.1) is 17.2 Å². The number of hydrogen-bond donors (Lipinski definition) is 0. The molecule has 0 radical (unpaired) electrons. The first-order valence-electron chi connectivity index (χ1n) is 6.71. The Balaban J connectivity index is 1.98. The molecule has 3 heteroatoms. The lowest BCUT2D eigenvalue weighted by atomic mass is 9.79. The summed E-state index contributed by atoms with van der Waals surface area (Å²) in [5, 5.41) is 0.652. The van der Waals surface area contributed by atoms with Crippen LogP contribution in [-0.4, -0.2) is 5.78 Å². The molecule has 2 nitrogen and oxygen atoms in total. The molecule has 0 N–H and O–H groups in total. The third-order valence-electron chi connectivity index (χ3n) is 4.29. The fraction of sp³-hybridized carbons (Fsp3) is 0.438. The fourth-order valence-corrected chi connectivity index (χ4v) is 3.12. The molecule has 19 heavy (non-hydrogen) atoms. The maximum atomic E-state index is 13.1. The lowest BCUT2D eigenvalue weighted by Crippen LogP contribution is -2.25. The Morgan fingerprint density at radius 1 is 1.37 bits per heavy atom. The first-order valence-corrected chi connectivity index (χ1v) is 6.71. The molecule has 0 spiro atoms. The topological polar surface area (TPSA) is 30.2 Å². The number of rotatable bonds is 2. The van der Waals surface area contributed by atoms with Crippen LogP contribution in [0.15, 0.2) is 28.7 Å². The Morgan fingerprint density at radius 3 is 2.84 bits per heavy atom. The van der Waals surface area contributed by atoms with Crippen LogP contribution in [0.4, 0.5) is 4.39 Å². The van der Waals surface area contributed by atoms with Crippen LogP contribution in [0.1, 0.15) is 43.7 Å². The van der Waals surface area contributed by atoms with Crippen LogP contribution >= 0.6 is 0 Å². The summed E-state index contributed by atoms with van der Waals surface area (Å²) in [7, 11) is 0. The Kier molecular flexibility index (Phi) is 2.73. The molecule has 0 saturated heterocycles. The number of furan rings is 1. The molecule has 0 bridgehead atoms. The molecule has 1 atom stereocenters. The predicted molar refractivity (Wildman–Crippen MR) is 71.6 cm³/mol. The lowest BCUT2D eigenvalue weighted by molar-refractivity contribution is 0.0812.